The van der Waals surface area contributed by atoms with Gasteiger partial charge in [0.2, 0.25) is 0 Å². The predicted octanol–water partition coefficient (Wildman–Crippen LogP) is 1.09. The van der Waals surface area contributed by atoms with Crippen molar-refractivity contribution < 1.29 is 0 Å². The molecule has 0 spiro atoms. The van der Waals surface area contributed by atoms with E-state index >= 15 is 0 Å². The standard InChI is InChI=1S/C18H10N12/c1-11(15-23-3-19-4-24-15)13(17-27-7-21-8-28-17)2-14(18-29-9-22-10-30-18)12(1)16-25-5-20-6-26-16/h1-10H. The second-order valence-electron chi connectivity index (χ2n) is 5.79. The highest BCUT2D eigenvalue weighted by molar-refractivity contribution is 5.89. The summed E-state index contributed by atoms with van der Waals surface area (Å²) in [4.78, 5) is 49.9. The molecule has 142 valence electrons. The normalized spacial score (nSPS) is 10.7. The van der Waals surface area contributed by atoms with Crippen molar-refractivity contribution in [3.05, 3.63) is 62.8 Å². The first-order valence-corrected chi connectivity index (χ1v) is 8.57. The zero-order chi connectivity index (χ0) is 20.2. The average Bonchev–Trinajstić information content (AvgIpc) is 2.85. The van der Waals surface area contributed by atoms with Gasteiger partial charge in [0.15, 0.2) is 23.3 Å². The monoisotopic (exact) mass is 394 g/mol. The fourth-order valence-corrected chi connectivity index (χ4v) is 2.85. The van der Waals surface area contributed by atoms with Crippen LogP contribution in [0.1, 0.15) is 0 Å². The molecule has 4 heterocycles. The lowest BCUT2D eigenvalue weighted by Crippen LogP contribution is -2.01. The molecule has 0 bridgehead atoms. The summed E-state index contributed by atoms with van der Waals surface area (Å²) in [6.07, 6.45) is 11.3. The minimum absolute atomic E-state index is 0.443. The maximum atomic E-state index is 4.28. The third-order valence-corrected chi connectivity index (χ3v) is 4.09. The smallest absolute Gasteiger partial charge is 0.163 e. The van der Waals surface area contributed by atoms with Gasteiger partial charge in [-0.2, -0.15) is 0 Å². The van der Waals surface area contributed by atoms with Crippen LogP contribution in [0.5, 0.6) is 0 Å². The minimum atomic E-state index is 0.443. The molecule has 1 aromatic carbocycles. The summed E-state index contributed by atoms with van der Waals surface area (Å²) in [5, 5.41) is 0. The zero-order valence-electron chi connectivity index (χ0n) is 15.1. The van der Waals surface area contributed by atoms with Gasteiger partial charge in [-0.3, -0.25) is 0 Å². The molecular weight excluding hydrogens is 384 g/mol. The summed E-state index contributed by atoms with van der Waals surface area (Å²) >= 11 is 0. The Morgan fingerprint density at radius 3 is 0.700 bits per heavy atom. The highest BCUT2D eigenvalue weighted by atomic mass is 15.0. The molecule has 0 radical (unpaired) electrons. The van der Waals surface area contributed by atoms with E-state index in [0.29, 0.717) is 45.6 Å². The topological polar surface area (TPSA) is 155 Å². The zero-order valence-corrected chi connectivity index (χ0v) is 15.1. The number of hydrogen-bond acceptors (Lipinski definition) is 12. The molecule has 5 rings (SSSR count). The first-order chi connectivity index (χ1) is 14.9. The van der Waals surface area contributed by atoms with Crippen molar-refractivity contribution in [2.45, 2.75) is 0 Å². The lowest BCUT2D eigenvalue weighted by atomic mass is 9.96. The molecule has 0 atom stereocenters. The Bertz CT molecular complexity index is 1070. The van der Waals surface area contributed by atoms with E-state index in [9.17, 15) is 0 Å². The largest absolute Gasteiger partial charge is 0.225 e. The molecule has 4 aromatic heterocycles. The Balaban J connectivity index is 1.85. The van der Waals surface area contributed by atoms with E-state index in [4.69, 9.17) is 0 Å². The van der Waals surface area contributed by atoms with Crippen molar-refractivity contribution in [2.75, 3.05) is 0 Å². The van der Waals surface area contributed by atoms with Crippen LogP contribution < -0.4 is 0 Å². The van der Waals surface area contributed by atoms with E-state index in [1.165, 1.54) is 50.6 Å². The number of rotatable bonds is 4. The lowest BCUT2D eigenvalue weighted by molar-refractivity contribution is 1.03. The van der Waals surface area contributed by atoms with Crippen LogP contribution in [0.3, 0.4) is 0 Å². The summed E-state index contributed by atoms with van der Waals surface area (Å²) in [5.74, 6) is 1.77. The van der Waals surface area contributed by atoms with Crippen molar-refractivity contribution in [1.29, 1.82) is 0 Å². The Labute approximate surface area is 168 Å². The molecule has 0 aliphatic heterocycles. The van der Waals surface area contributed by atoms with E-state index in [1.807, 2.05) is 12.1 Å². The Morgan fingerprint density at radius 2 is 0.500 bits per heavy atom. The number of nitrogens with zero attached hydrogens (tertiary/aromatic N) is 12. The van der Waals surface area contributed by atoms with E-state index in [0.717, 1.165) is 0 Å². The summed E-state index contributed by atoms with van der Waals surface area (Å²) in [6, 6.07) is 3.70. The van der Waals surface area contributed by atoms with Gasteiger partial charge >= 0.3 is 0 Å². The maximum absolute atomic E-state index is 4.28. The third-order valence-electron chi connectivity index (χ3n) is 4.09. The predicted molar refractivity (Wildman–Crippen MR) is 102 cm³/mol. The van der Waals surface area contributed by atoms with E-state index in [1.54, 1.807) is 0 Å². The van der Waals surface area contributed by atoms with Gasteiger partial charge in [-0.1, -0.05) is 0 Å². The molecular formula is C18H10N12. The number of hydrogen-bond donors (Lipinski definition) is 0. The lowest BCUT2D eigenvalue weighted by Gasteiger charge is -2.13. The van der Waals surface area contributed by atoms with Crippen LogP contribution in [-0.2, 0) is 0 Å². The first kappa shape index (κ1) is 17.4. The summed E-state index contributed by atoms with van der Waals surface area (Å²) < 4.78 is 0. The highest BCUT2D eigenvalue weighted by Crippen LogP contribution is 2.37. The van der Waals surface area contributed by atoms with Gasteiger partial charge in [-0.15, -0.1) is 0 Å². The molecule has 5 aromatic rings. The van der Waals surface area contributed by atoms with Crippen LogP contribution in [0.4, 0.5) is 0 Å². The first-order valence-electron chi connectivity index (χ1n) is 8.57. The molecule has 0 aliphatic rings. The van der Waals surface area contributed by atoms with Crippen LogP contribution >= 0.6 is 0 Å². The van der Waals surface area contributed by atoms with Gasteiger partial charge < -0.3 is 0 Å². The van der Waals surface area contributed by atoms with Crippen LogP contribution in [0, 0.1) is 0 Å². The van der Waals surface area contributed by atoms with Gasteiger partial charge in [0.05, 0.1) is 0 Å². The Hall–Kier alpha value is -4.74. The summed E-state index contributed by atoms with van der Waals surface area (Å²) in [5.41, 5.74) is 2.65. The van der Waals surface area contributed by atoms with Gasteiger partial charge in [0, 0.05) is 22.3 Å². The number of aromatic nitrogens is 12. The number of benzene rings is 1. The third kappa shape index (κ3) is 3.28. The van der Waals surface area contributed by atoms with Gasteiger partial charge in [0.1, 0.15) is 50.6 Å². The molecule has 0 amide bonds. The fraction of sp³-hybridized carbons (Fsp3) is 0. The maximum Gasteiger partial charge on any atom is 0.163 e. The van der Waals surface area contributed by atoms with Crippen molar-refractivity contribution in [3.8, 4) is 45.6 Å². The van der Waals surface area contributed by atoms with Crippen LogP contribution in [-0.4, -0.2) is 59.8 Å². The molecule has 0 aliphatic carbocycles. The van der Waals surface area contributed by atoms with Gasteiger partial charge in [0.25, 0.3) is 0 Å². The van der Waals surface area contributed by atoms with E-state index in [2.05, 4.69) is 59.8 Å². The Kier molecular flexibility index (Phi) is 4.46. The molecule has 30 heavy (non-hydrogen) atoms. The summed E-state index contributed by atoms with van der Waals surface area (Å²) in [6.45, 7) is 0. The minimum Gasteiger partial charge on any atom is -0.225 e. The fourth-order valence-electron chi connectivity index (χ4n) is 2.85. The SMILES string of the molecule is c1ncnc(-c2cc(-c3ncncn3)c(-c3ncncn3)cc2-c2ncncn2)n1. The molecule has 12 nitrogen and oxygen atoms in total. The highest BCUT2D eigenvalue weighted by Gasteiger charge is 2.20. The molecule has 12 heteroatoms. The van der Waals surface area contributed by atoms with E-state index < -0.39 is 0 Å². The van der Waals surface area contributed by atoms with Crippen molar-refractivity contribution >= 4 is 0 Å². The molecule has 0 fully saturated rings. The molecule has 0 saturated heterocycles. The van der Waals surface area contributed by atoms with Crippen molar-refractivity contribution in [1.82, 2.24) is 59.8 Å². The van der Waals surface area contributed by atoms with Gasteiger partial charge in [-0.25, -0.2) is 59.8 Å². The second-order valence-corrected chi connectivity index (χ2v) is 5.79. The van der Waals surface area contributed by atoms with Crippen molar-refractivity contribution in [2.24, 2.45) is 0 Å². The molecule has 0 N–H and O–H groups in total. The molecule has 0 unspecified atom stereocenters. The van der Waals surface area contributed by atoms with Crippen LogP contribution in [0.15, 0.2) is 62.8 Å². The van der Waals surface area contributed by atoms with Crippen LogP contribution in [0.2, 0.25) is 0 Å². The van der Waals surface area contributed by atoms with E-state index in [-0.39, 0.29) is 0 Å². The van der Waals surface area contributed by atoms with Crippen LogP contribution in [0.25, 0.3) is 45.6 Å². The quantitative estimate of drug-likeness (QED) is 0.428. The Morgan fingerprint density at radius 1 is 0.300 bits per heavy atom. The average molecular weight is 394 g/mol. The summed E-state index contributed by atoms with van der Waals surface area (Å²) in [7, 11) is 0. The van der Waals surface area contributed by atoms with Gasteiger partial charge in [-0.05, 0) is 12.1 Å². The second kappa shape index (κ2) is 7.71. The van der Waals surface area contributed by atoms with Crippen molar-refractivity contribution in [3.63, 3.8) is 0 Å². The molecule has 0 saturated carbocycles.